The first-order valence-corrected chi connectivity index (χ1v) is 10.0. The number of nitro groups is 1. The van der Waals surface area contributed by atoms with Crippen molar-refractivity contribution >= 4 is 15.7 Å². The molecule has 1 aliphatic heterocycles. The summed E-state index contributed by atoms with van der Waals surface area (Å²) in [5.74, 6) is 0. The molecule has 27 heavy (non-hydrogen) atoms. The van der Waals surface area contributed by atoms with Crippen molar-refractivity contribution < 1.29 is 18.1 Å². The fourth-order valence-corrected chi connectivity index (χ4v) is 3.81. The van der Waals surface area contributed by atoms with Crippen LogP contribution in [0.2, 0.25) is 0 Å². The zero-order valence-corrected chi connectivity index (χ0v) is 15.5. The van der Waals surface area contributed by atoms with Gasteiger partial charge in [0.1, 0.15) is 0 Å². The first-order chi connectivity index (χ1) is 12.9. The quantitative estimate of drug-likeness (QED) is 0.571. The van der Waals surface area contributed by atoms with E-state index < -0.39 is 14.9 Å². The Morgan fingerprint density at radius 2 is 1.59 bits per heavy atom. The molecule has 1 N–H and O–H groups in total. The minimum absolute atomic E-state index is 0.00274. The first-order valence-electron chi connectivity index (χ1n) is 8.56. The molecule has 3 rings (SSSR count). The second-order valence-corrected chi connectivity index (χ2v) is 8.05. The van der Waals surface area contributed by atoms with Crippen LogP contribution >= 0.6 is 0 Å². The van der Waals surface area contributed by atoms with E-state index in [9.17, 15) is 18.5 Å². The average Bonchev–Trinajstić information content (AvgIpc) is 2.68. The standard InChI is InChI=1S/C18H21N3O5S/c22-21(23)17-5-7-18(8-6-17)27(24,25)19-13-15-1-3-16(4-2-15)14-20-9-11-26-12-10-20/h1-8,19H,9-14H2. The molecule has 1 fully saturated rings. The Kier molecular flexibility index (Phi) is 6.17. The largest absolute Gasteiger partial charge is 0.379 e. The highest BCUT2D eigenvalue weighted by molar-refractivity contribution is 7.89. The van der Waals surface area contributed by atoms with E-state index in [0.717, 1.165) is 38.4 Å². The molecule has 0 atom stereocenters. The third-order valence-corrected chi connectivity index (χ3v) is 5.77. The van der Waals surface area contributed by atoms with Crippen LogP contribution in [-0.2, 0) is 27.8 Å². The van der Waals surface area contributed by atoms with Crippen LogP contribution in [0.5, 0.6) is 0 Å². The molecule has 0 radical (unpaired) electrons. The number of nitrogens with zero attached hydrogens (tertiary/aromatic N) is 2. The van der Waals surface area contributed by atoms with E-state index in [0.29, 0.717) is 0 Å². The average molecular weight is 391 g/mol. The van der Waals surface area contributed by atoms with Gasteiger partial charge in [-0.3, -0.25) is 15.0 Å². The van der Waals surface area contributed by atoms with Gasteiger partial charge in [-0.25, -0.2) is 13.1 Å². The smallest absolute Gasteiger partial charge is 0.269 e. The van der Waals surface area contributed by atoms with E-state index in [1.807, 2.05) is 24.3 Å². The summed E-state index contributed by atoms with van der Waals surface area (Å²) in [4.78, 5) is 12.4. The van der Waals surface area contributed by atoms with Gasteiger partial charge in [0, 0.05) is 38.3 Å². The number of non-ortho nitro benzene ring substituents is 1. The minimum atomic E-state index is -3.73. The molecule has 1 saturated heterocycles. The van der Waals surface area contributed by atoms with Crippen LogP contribution in [-0.4, -0.2) is 44.5 Å². The van der Waals surface area contributed by atoms with Crippen LogP contribution in [0.25, 0.3) is 0 Å². The topological polar surface area (TPSA) is 102 Å². The van der Waals surface area contributed by atoms with Crippen LogP contribution < -0.4 is 4.72 Å². The molecule has 0 aromatic heterocycles. The maximum absolute atomic E-state index is 12.3. The van der Waals surface area contributed by atoms with E-state index in [1.165, 1.54) is 29.8 Å². The molecule has 9 heteroatoms. The van der Waals surface area contributed by atoms with Gasteiger partial charge >= 0.3 is 0 Å². The summed E-state index contributed by atoms with van der Waals surface area (Å²) < 4.78 is 32.5. The lowest BCUT2D eigenvalue weighted by Gasteiger charge is -2.26. The van der Waals surface area contributed by atoms with Crippen molar-refractivity contribution in [1.82, 2.24) is 9.62 Å². The number of hydrogen-bond acceptors (Lipinski definition) is 6. The lowest BCUT2D eigenvalue weighted by atomic mass is 10.1. The van der Waals surface area contributed by atoms with E-state index in [2.05, 4.69) is 9.62 Å². The maximum Gasteiger partial charge on any atom is 0.269 e. The van der Waals surface area contributed by atoms with Crippen LogP contribution in [0.3, 0.4) is 0 Å². The Balaban J connectivity index is 1.57. The van der Waals surface area contributed by atoms with Crippen molar-refractivity contribution in [3.63, 3.8) is 0 Å². The maximum atomic E-state index is 12.3. The molecular weight excluding hydrogens is 370 g/mol. The molecule has 144 valence electrons. The third kappa shape index (κ3) is 5.33. The molecular formula is C18H21N3O5S. The molecule has 8 nitrogen and oxygen atoms in total. The van der Waals surface area contributed by atoms with Gasteiger partial charge in [0.2, 0.25) is 10.0 Å². The second kappa shape index (κ2) is 8.57. The zero-order valence-electron chi connectivity index (χ0n) is 14.7. The van der Waals surface area contributed by atoms with Gasteiger partial charge in [-0.1, -0.05) is 24.3 Å². The van der Waals surface area contributed by atoms with Crippen LogP contribution in [0.4, 0.5) is 5.69 Å². The van der Waals surface area contributed by atoms with E-state index in [1.54, 1.807) is 0 Å². The van der Waals surface area contributed by atoms with E-state index >= 15 is 0 Å². The Hall–Kier alpha value is -2.33. The number of ether oxygens (including phenoxy) is 1. The van der Waals surface area contributed by atoms with E-state index in [-0.39, 0.29) is 17.1 Å². The summed E-state index contributed by atoms with van der Waals surface area (Å²) >= 11 is 0. The molecule has 0 amide bonds. The number of nitrogens with one attached hydrogen (secondary N) is 1. The Labute approximate surface area is 158 Å². The second-order valence-electron chi connectivity index (χ2n) is 6.28. The number of rotatable bonds is 7. The predicted octanol–water partition coefficient (Wildman–Crippen LogP) is 1.91. The highest BCUT2D eigenvalue weighted by Crippen LogP contribution is 2.16. The summed E-state index contributed by atoms with van der Waals surface area (Å²) in [5.41, 5.74) is 1.86. The highest BCUT2D eigenvalue weighted by atomic mass is 32.2. The van der Waals surface area contributed by atoms with Gasteiger partial charge in [0.15, 0.2) is 0 Å². The fraction of sp³-hybridized carbons (Fsp3) is 0.333. The van der Waals surface area contributed by atoms with Gasteiger partial charge in [-0.15, -0.1) is 0 Å². The third-order valence-electron chi connectivity index (χ3n) is 4.36. The Bertz CT molecular complexity index is 876. The first kappa shape index (κ1) is 19.4. The molecule has 0 spiro atoms. The lowest BCUT2D eigenvalue weighted by molar-refractivity contribution is -0.384. The monoisotopic (exact) mass is 391 g/mol. The van der Waals surface area contributed by atoms with Crippen molar-refractivity contribution in [2.75, 3.05) is 26.3 Å². The Morgan fingerprint density at radius 3 is 2.19 bits per heavy atom. The highest BCUT2D eigenvalue weighted by Gasteiger charge is 2.16. The van der Waals surface area contributed by atoms with E-state index in [4.69, 9.17) is 4.74 Å². The number of nitro benzene ring substituents is 1. The van der Waals surface area contributed by atoms with Crippen molar-refractivity contribution in [3.05, 3.63) is 69.8 Å². The molecule has 1 aliphatic rings. The van der Waals surface area contributed by atoms with Gasteiger partial charge in [0.25, 0.3) is 5.69 Å². The summed E-state index contributed by atoms with van der Waals surface area (Å²) in [6, 6.07) is 12.6. The minimum Gasteiger partial charge on any atom is -0.379 e. The lowest BCUT2D eigenvalue weighted by Crippen LogP contribution is -2.35. The molecule has 0 unspecified atom stereocenters. The molecule has 0 saturated carbocycles. The predicted molar refractivity (Wildman–Crippen MR) is 99.7 cm³/mol. The number of benzene rings is 2. The van der Waals surface area contributed by atoms with Gasteiger partial charge in [0.05, 0.1) is 23.0 Å². The summed E-state index contributed by atoms with van der Waals surface area (Å²) in [6.45, 7) is 4.33. The number of hydrogen-bond donors (Lipinski definition) is 1. The molecule has 0 bridgehead atoms. The normalized spacial score (nSPS) is 15.6. The van der Waals surface area contributed by atoms with Crippen molar-refractivity contribution in [1.29, 1.82) is 0 Å². The molecule has 0 aliphatic carbocycles. The zero-order chi connectivity index (χ0) is 19.3. The number of sulfonamides is 1. The summed E-state index contributed by atoms with van der Waals surface area (Å²) in [7, 11) is -3.73. The van der Waals surface area contributed by atoms with Crippen molar-refractivity contribution in [2.45, 2.75) is 18.0 Å². The molecule has 2 aromatic rings. The summed E-state index contributed by atoms with van der Waals surface area (Å²) in [6.07, 6.45) is 0. The SMILES string of the molecule is O=[N+]([O-])c1ccc(S(=O)(=O)NCc2ccc(CN3CCOCC3)cc2)cc1. The van der Waals surface area contributed by atoms with Crippen LogP contribution in [0, 0.1) is 10.1 Å². The van der Waals surface area contributed by atoms with Crippen molar-refractivity contribution in [2.24, 2.45) is 0 Å². The van der Waals surface area contributed by atoms with Crippen molar-refractivity contribution in [3.8, 4) is 0 Å². The van der Waals surface area contributed by atoms with Crippen LogP contribution in [0.15, 0.2) is 53.4 Å². The molecule has 1 heterocycles. The van der Waals surface area contributed by atoms with Crippen LogP contribution in [0.1, 0.15) is 11.1 Å². The fourth-order valence-electron chi connectivity index (χ4n) is 2.79. The van der Waals surface area contributed by atoms with Gasteiger partial charge < -0.3 is 4.74 Å². The molecule has 2 aromatic carbocycles. The van der Waals surface area contributed by atoms with Gasteiger partial charge in [-0.05, 0) is 23.3 Å². The Morgan fingerprint density at radius 1 is 1.00 bits per heavy atom. The summed E-state index contributed by atoms with van der Waals surface area (Å²) in [5, 5.41) is 10.7. The number of morpholine rings is 1. The van der Waals surface area contributed by atoms with Gasteiger partial charge in [-0.2, -0.15) is 0 Å².